The van der Waals surface area contributed by atoms with Crippen LogP contribution in [0, 0.1) is 0 Å². The normalized spacial score (nSPS) is 14.8. The number of benzene rings is 1. The number of methoxy groups -OCH3 is 1. The van der Waals surface area contributed by atoms with Gasteiger partial charge in [-0.3, -0.25) is 9.78 Å². The molecule has 1 aliphatic heterocycles. The van der Waals surface area contributed by atoms with Crippen molar-refractivity contribution in [3.8, 4) is 5.75 Å². The first kappa shape index (κ1) is 15.5. The van der Waals surface area contributed by atoms with Gasteiger partial charge in [-0.1, -0.05) is 0 Å². The predicted molar refractivity (Wildman–Crippen MR) is 95.1 cm³/mol. The molecule has 0 spiro atoms. The zero-order valence-electron chi connectivity index (χ0n) is 14.0. The van der Waals surface area contributed by atoms with Crippen LogP contribution in [0.5, 0.6) is 5.75 Å². The van der Waals surface area contributed by atoms with E-state index in [9.17, 15) is 4.79 Å². The van der Waals surface area contributed by atoms with Gasteiger partial charge in [-0.05, 0) is 36.4 Å². The number of anilines is 1. The molecule has 25 heavy (non-hydrogen) atoms. The number of ether oxygens (including phenoxy) is 1. The highest BCUT2D eigenvalue weighted by Crippen LogP contribution is 2.22. The quantitative estimate of drug-likeness (QED) is 0.735. The SMILES string of the molecule is COc1ccc(N2CCN(C(=O)c3cc4ncccc4o3)CC2)cc1. The molecule has 3 aromatic rings. The van der Waals surface area contributed by atoms with Crippen molar-refractivity contribution in [3.05, 3.63) is 54.4 Å². The first-order valence-corrected chi connectivity index (χ1v) is 8.27. The summed E-state index contributed by atoms with van der Waals surface area (Å²) in [4.78, 5) is 21.0. The lowest BCUT2D eigenvalue weighted by Gasteiger charge is -2.35. The van der Waals surface area contributed by atoms with E-state index in [0.717, 1.165) is 24.5 Å². The fourth-order valence-electron chi connectivity index (χ4n) is 3.09. The van der Waals surface area contributed by atoms with Crippen molar-refractivity contribution in [2.24, 2.45) is 0 Å². The lowest BCUT2D eigenvalue weighted by atomic mass is 10.2. The summed E-state index contributed by atoms with van der Waals surface area (Å²) in [6.45, 7) is 2.90. The number of fused-ring (bicyclic) bond motifs is 1. The molecule has 128 valence electrons. The second-order valence-corrected chi connectivity index (χ2v) is 5.97. The Morgan fingerprint density at radius 1 is 1.12 bits per heavy atom. The van der Waals surface area contributed by atoms with Crippen molar-refractivity contribution in [2.45, 2.75) is 0 Å². The zero-order valence-corrected chi connectivity index (χ0v) is 14.0. The Hall–Kier alpha value is -3.02. The molecule has 6 nitrogen and oxygen atoms in total. The van der Waals surface area contributed by atoms with E-state index >= 15 is 0 Å². The molecule has 0 bridgehead atoms. The Labute approximate surface area is 145 Å². The number of pyridine rings is 1. The van der Waals surface area contributed by atoms with E-state index in [0.29, 0.717) is 29.9 Å². The summed E-state index contributed by atoms with van der Waals surface area (Å²) in [5.41, 5.74) is 2.49. The first-order chi connectivity index (χ1) is 12.2. The van der Waals surface area contributed by atoms with E-state index < -0.39 is 0 Å². The third kappa shape index (κ3) is 3.03. The van der Waals surface area contributed by atoms with Gasteiger partial charge in [0.15, 0.2) is 11.3 Å². The minimum Gasteiger partial charge on any atom is -0.497 e. The molecule has 0 aliphatic carbocycles. The number of aromatic nitrogens is 1. The standard InChI is InChI=1S/C19H19N3O3/c1-24-15-6-4-14(5-7-15)21-9-11-22(12-10-21)19(23)18-13-16-17(25-18)3-2-8-20-16/h2-8,13H,9-12H2,1H3. The van der Waals surface area contributed by atoms with Gasteiger partial charge in [0.25, 0.3) is 5.91 Å². The number of hydrogen-bond acceptors (Lipinski definition) is 5. The zero-order chi connectivity index (χ0) is 17.2. The molecule has 0 atom stereocenters. The molecule has 0 radical (unpaired) electrons. The summed E-state index contributed by atoms with van der Waals surface area (Å²) >= 11 is 0. The average Bonchev–Trinajstić information content (AvgIpc) is 3.12. The van der Waals surface area contributed by atoms with E-state index in [-0.39, 0.29) is 5.91 Å². The molecule has 2 aromatic heterocycles. The van der Waals surface area contributed by atoms with Gasteiger partial charge in [-0.25, -0.2) is 0 Å². The number of carbonyl (C=O) groups is 1. The van der Waals surface area contributed by atoms with Crippen LogP contribution in [0.3, 0.4) is 0 Å². The van der Waals surface area contributed by atoms with Gasteiger partial charge >= 0.3 is 0 Å². The van der Waals surface area contributed by atoms with Gasteiger partial charge in [0, 0.05) is 44.1 Å². The number of rotatable bonds is 3. The fraction of sp³-hybridized carbons (Fsp3) is 0.263. The second kappa shape index (κ2) is 6.47. The van der Waals surface area contributed by atoms with Crippen molar-refractivity contribution in [3.63, 3.8) is 0 Å². The number of furan rings is 1. The van der Waals surface area contributed by atoms with Crippen LogP contribution >= 0.6 is 0 Å². The topological polar surface area (TPSA) is 58.8 Å². The highest BCUT2D eigenvalue weighted by molar-refractivity contribution is 5.95. The van der Waals surface area contributed by atoms with E-state index in [4.69, 9.17) is 9.15 Å². The summed E-state index contributed by atoms with van der Waals surface area (Å²) in [5.74, 6) is 1.12. The lowest BCUT2D eigenvalue weighted by Crippen LogP contribution is -2.48. The molecule has 1 amide bonds. The Kier molecular flexibility index (Phi) is 4.01. The molecular formula is C19H19N3O3. The highest BCUT2D eigenvalue weighted by Gasteiger charge is 2.24. The Morgan fingerprint density at radius 2 is 1.88 bits per heavy atom. The van der Waals surface area contributed by atoms with E-state index in [1.54, 1.807) is 25.4 Å². The minimum absolute atomic E-state index is 0.0765. The van der Waals surface area contributed by atoms with Crippen LogP contribution in [0.4, 0.5) is 5.69 Å². The Balaban J connectivity index is 1.43. The van der Waals surface area contributed by atoms with E-state index in [1.165, 1.54) is 0 Å². The van der Waals surface area contributed by atoms with Crippen molar-refractivity contribution in [1.82, 2.24) is 9.88 Å². The molecule has 1 fully saturated rings. The third-order valence-corrected chi connectivity index (χ3v) is 4.50. The molecular weight excluding hydrogens is 318 g/mol. The molecule has 0 unspecified atom stereocenters. The summed E-state index contributed by atoms with van der Waals surface area (Å²) in [6.07, 6.45) is 1.69. The minimum atomic E-state index is -0.0765. The van der Waals surface area contributed by atoms with Crippen LogP contribution in [0.2, 0.25) is 0 Å². The predicted octanol–water partition coefficient (Wildman–Crippen LogP) is 2.80. The fourth-order valence-corrected chi connectivity index (χ4v) is 3.09. The maximum atomic E-state index is 12.7. The maximum absolute atomic E-state index is 12.7. The molecule has 1 aliphatic rings. The summed E-state index contributed by atoms with van der Waals surface area (Å²) in [5, 5.41) is 0. The second-order valence-electron chi connectivity index (χ2n) is 5.97. The molecule has 6 heteroatoms. The average molecular weight is 337 g/mol. The maximum Gasteiger partial charge on any atom is 0.289 e. The number of amides is 1. The lowest BCUT2D eigenvalue weighted by molar-refractivity contribution is 0.0717. The first-order valence-electron chi connectivity index (χ1n) is 8.27. The Morgan fingerprint density at radius 3 is 2.56 bits per heavy atom. The van der Waals surface area contributed by atoms with Crippen LogP contribution in [0.1, 0.15) is 10.6 Å². The van der Waals surface area contributed by atoms with Crippen molar-refractivity contribution >= 4 is 22.7 Å². The van der Waals surface area contributed by atoms with E-state index in [1.807, 2.05) is 35.2 Å². The van der Waals surface area contributed by atoms with Crippen molar-refractivity contribution < 1.29 is 13.9 Å². The molecule has 1 aromatic carbocycles. The van der Waals surface area contributed by atoms with Gasteiger partial charge in [0.05, 0.1) is 7.11 Å². The van der Waals surface area contributed by atoms with Crippen LogP contribution in [-0.4, -0.2) is 49.1 Å². The van der Waals surface area contributed by atoms with E-state index in [2.05, 4.69) is 9.88 Å². The van der Waals surface area contributed by atoms with Gasteiger partial charge in [0.2, 0.25) is 0 Å². The number of piperazine rings is 1. The van der Waals surface area contributed by atoms with Gasteiger partial charge in [0.1, 0.15) is 11.3 Å². The van der Waals surface area contributed by atoms with Crippen LogP contribution < -0.4 is 9.64 Å². The molecule has 4 rings (SSSR count). The number of hydrogen-bond donors (Lipinski definition) is 0. The number of nitrogens with zero attached hydrogens (tertiary/aromatic N) is 3. The van der Waals surface area contributed by atoms with Gasteiger partial charge in [-0.2, -0.15) is 0 Å². The van der Waals surface area contributed by atoms with Gasteiger partial charge < -0.3 is 19.0 Å². The Bertz CT molecular complexity index is 847. The summed E-state index contributed by atoms with van der Waals surface area (Å²) in [6, 6.07) is 13.3. The monoisotopic (exact) mass is 337 g/mol. The molecule has 0 saturated carbocycles. The number of carbonyl (C=O) groups excluding carboxylic acids is 1. The summed E-state index contributed by atoms with van der Waals surface area (Å²) < 4.78 is 10.8. The van der Waals surface area contributed by atoms with Gasteiger partial charge in [-0.15, -0.1) is 0 Å². The van der Waals surface area contributed by atoms with Crippen LogP contribution in [0.25, 0.3) is 11.1 Å². The highest BCUT2D eigenvalue weighted by atomic mass is 16.5. The summed E-state index contributed by atoms with van der Waals surface area (Å²) in [7, 11) is 1.66. The van der Waals surface area contributed by atoms with Crippen molar-refractivity contribution in [2.75, 3.05) is 38.2 Å². The molecule has 0 N–H and O–H groups in total. The smallest absolute Gasteiger partial charge is 0.289 e. The molecule has 1 saturated heterocycles. The van der Waals surface area contributed by atoms with Crippen molar-refractivity contribution in [1.29, 1.82) is 0 Å². The van der Waals surface area contributed by atoms with Crippen LogP contribution in [0.15, 0.2) is 53.1 Å². The third-order valence-electron chi connectivity index (χ3n) is 4.50. The molecule has 3 heterocycles. The van der Waals surface area contributed by atoms with Crippen LogP contribution in [-0.2, 0) is 0 Å². The largest absolute Gasteiger partial charge is 0.497 e.